The molecule has 1 aromatic heterocycles. The Morgan fingerprint density at radius 2 is 2.40 bits per heavy atom. The summed E-state index contributed by atoms with van der Waals surface area (Å²) >= 11 is 0. The van der Waals surface area contributed by atoms with Gasteiger partial charge in [0.1, 0.15) is 6.10 Å². The molecule has 1 rings (SSSR count). The number of carbonyl (C=O) groups excluding carboxylic acids is 1. The summed E-state index contributed by atoms with van der Waals surface area (Å²) in [5.41, 5.74) is 6.90. The van der Waals surface area contributed by atoms with E-state index in [-0.39, 0.29) is 12.5 Å². The molecule has 3 N–H and O–H groups in total. The molecule has 15 heavy (non-hydrogen) atoms. The van der Waals surface area contributed by atoms with Crippen molar-refractivity contribution in [2.24, 2.45) is 5.73 Å². The number of aryl methyl sites for hydroxylation is 1. The van der Waals surface area contributed by atoms with Gasteiger partial charge >= 0.3 is 0 Å². The standard InChI is InChI=1S/C10H15N3O2/c1-7-3-4-8(6-12-7)13-10(14)9(5-11)15-2/h3-4,6,9H,5,11H2,1-2H3,(H,13,14). The Hall–Kier alpha value is -1.46. The minimum absolute atomic E-state index is 0.154. The molecule has 0 aliphatic rings. The first-order valence-electron chi connectivity index (χ1n) is 4.63. The molecule has 0 spiro atoms. The number of nitrogens with zero attached hydrogens (tertiary/aromatic N) is 1. The molecular formula is C10H15N3O2. The fourth-order valence-electron chi connectivity index (χ4n) is 1.07. The third-order valence-electron chi connectivity index (χ3n) is 1.97. The van der Waals surface area contributed by atoms with Crippen LogP contribution in [-0.4, -0.2) is 30.6 Å². The van der Waals surface area contributed by atoms with Crippen LogP contribution in [0.1, 0.15) is 5.69 Å². The number of hydrogen-bond acceptors (Lipinski definition) is 4. The molecule has 82 valence electrons. The molecule has 1 amide bonds. The van der Waals surface area contributed by atoms with E-state index in [4.69, 9.17) is 10.5 Å². The van der Waals surface area contributed by atoms with Crippen molar-refractivity contribution in [3.63, 3.8) is 0 Å². The number of pyridine rings is 1. The van der Waals surface area contributed by atoms with Gasteiger partial charge in [-0.3, -0.25) is 9.78 Å². The van der Waals surface area contributed by atoms with Crippen LogP contribution in [0.15, 0.2) is 18.3 Å². The summed E-state index contributed by atoms with van der Waals surface area (Å²) in [6, 6.07) is 3.60. The molecule has 1 aromatic rings. The molecule has 0 radical (unpaired) electrons. The van der Waals surface area contributed by atoms with Crippen LogP contribution in [0.4, 0.5) is 5.69 Å². The number of nitrogens with one attached hydrogen (secondary N) is 1. The number of ether oxygens (including phenoxy) is 1. The van der Waals surface area contributed by atoms with Crippen LogP contribution < -0.4 is 11.1 Å². The van der Waals surface area contributed by atoms with Gasteiger partial charge in [-0.1, -0.05) is 0 Å². The largest absolute Gasteiger partial charge is 0.370 e. The van der Waals surface area contributed by atoms with Crippen molar-refractivity contribution < 1.29 is 9.53 Å². The van der Waals surface area contributed by atoms with Crippen molar-refractivity contribution in [3.8, 4) is 0 Å². The highest BCUT2D eigenvalue weighted by molar-refractivity contribution is 5.94. The van der Waals surface area contributed by atoms with Gasteiger partial charge in [0.15, 0.2) is 0 Å². The van der Waals surface area contributed by atoms with Gasteiger partial charge in [-0.25, -0.2) is 0 Å². The molecular weight excluding hydrogens is 194 g/mol. The van der Waals surface area contributed by atoms with Gasteiger partial charge in [0.2, 0.25) is 0 Å². The number of aromatic nitrogens is 1. The van der Waals surface area contributed by atoms with Crippen molar-refractivity contribution >= 4 is 11.6 Å². The quantitative estimate of drug-likeness (QED) is 0.747. The lowest BCUT2D eigenvalue weighted by atomic mass is 10.3. The number of methoxy groups -OCH3 is 1. The average molecular weight is 209 g/mol. The predicted octanol–water partition coefficient (Wildman–Crippen LogP) is 0.302. The van der Waals surface area contributed by atoms with E-state index in [0.29, 0.717) is 5.69 Å². The second kappa shape index (κ2) is 5.43. The second-order valence-corrected chi connectivity index (χ2v) is 3.14. The van der Waals surface area contributed by atoms with Gasteiger partial charge < -0.3 is 15.8 Å². The molecule has 5 nitrogen and oxygen atoms in total. The highest BCUT2D eigenvalue weighted by atomic mass is 16.5. The molecule has 0 saturated heterocycles. The smallest absolute Gasteiger partial charge is 0.254 e. The van der Waals surface area contributed by atoms with Gasteiger partial charge in [0.05, 0.1) is 11.9 Å². The summed E-state index contributed by atoms with van der Waals surface area (Å²) in [4.78, 5) is 15.6. The predicted molar refractivity (Wildman–Crippen MR) is 57.5 cm³/mol. The number of hydrogen-bond donors (Lipinski definition) is 2. The van der Waals surface area contributed by atoms with E-state index in [2.05, 4.69) is 10.3 Å². The fourth-order valence-corrected chi connectivity index (χ4v) is 1.07. The second-order valence-electron chi connectivity index (χ2n) is 3.14. The molecule has 1 heterocycles. The number of anilines is 1. The van der Waals surface area contributed by atoms with Crippen molar-refractivity contribution in [2.45, 2.75) is 13.0 Å². The Balaban J connectivity index is 2.61. The van der Waals surface area contributed by atoms with Crippen LogP contribution in [0.25, 0.3) is 0 Å². The maximum atomic E-state index is 11.5. The fraction of sp³-hybridized carbons (Fsp3) is 0.400. The summed E-state index contributed by atoms with van der Waals surface area (Å²) in [6.45, 7) is 2.03. The molecule has 5 heteroatoms. The van der Waals surface area contributed by atoms with Gasteiger partial charge in [-0.05, 0) is 19.1 Å². The normalized spacial score (nSPS) is 12.2. The van der Waals surface area contributed by atoms with Crippen LogP contribution in [0.2, 0.25) is 0 Å². The molecule has 0 aromatic carbocycles. The third-order valence-corrected chi connectivity index (χ3v) is 1.97. The van der Waals surface area contributed by atoms with Crippen molar-refractivity contribution in [1.82, 2.24) is 4.98 Å². The minimum atomic E-state index is -0.619. The highest BCUT2D eigenvalue weighted by Crippen LogP contribution is 2.06. The zero-order valence-electron chi connectivity index (χ0n) is 8.86. The van der Waals surface area contributed by atoms with Crippen molar-refractivity contribution in [1.29, 1.82) is 0 Å². The highest BCUT2D eigenvalue weighted by Gasteiger charge is 2.15. The topological polar surface area (TPSA) is 77.2 Å². The lowest BCUT2D eigenvalue weighted by molar-refractivity contribution is -0.125. The van der Waals surface area contributed by atoms with Crippen molar-refractivity contribution in [2.75, 3.05) is 19.0 Å². The first-order valence-corrected chi connectivity index (χ1v) is 4.63. The van der Waals surface area contributed by atoms with Gasteiger partial charge in [0, 0.05) is 19.3 Å². The molecule has 0 aliphatic heterocycles. The maximum Gasteiger partial charge on any atom is 0.254 e. The minimum Gasteiger partial charge on any atom is -0.370 e. The number of rotatable bonds is 4. The van der Waals surface area contributed by atoms with Gasteiger partial charge in [0.25, 0.3) is 5.91 Å². The molecule has 1 unspecified atom stereocenters. The summed E-state index contributed by atoms with van der Waals surface area (Å²) in [5.74, 6) is -0.259. The number of carbonyl (C=O) groups is 1. The molecule has 0 fully saturated rings. The maximum absolute atomic E-state index is 11.5. The Morgan fingerprint density at radius 3 is 2.87 bits per heavy atom. The number of nitrogens with two attached hydrogens (primary N) is 1. The zero-order chi connectivity index (χ0) is 11.3. The molecule has 0 aliphatic carbocycles. The summed E-state index contributed by atoms with van der Waals surface area (Å²) in [5, 5.41) is 2.66. The van der Waals surface area contributed by atoms with E-state index >= 15 is 0 Å². The lowest BCUT2D eigenvalue weighted by Gasteiger charge is -2.12. The Bertz CT molecular complexity index is 320. The summed E-state index contributed by atoms with van der Waals surface area (Å²) in [7, 11) is 1.45. The Labute approximate surface area is 88.6 Å². The van der Waals surface area contributed by atoms with Crippen LogP contribution in [-0.2, 0) is 9.53 Å². The summed E-state index contributed by atoms with van der Waals surface area (Å²) in [6.07, 6.45) is 0.975. The summed E-state index contributed by atoms with van der Waals surface area (Å²) < 4.78 is 4.90. The first kappa shape index (κ1) is 11.6. The number of amides is 1. The Morgan fingerprint density at radius 1 is 1.67 bits per heavy atom. The SMILES string of the molecule is COC(CN)C(=O)Nc1ccc(C)nc1. The van der Waals surface area contributed by atoms with E-state index in [1.807, 2.05) is 13.0 Å². The third kappa shape index (κ3) is 3.30. The zero-order valence-corrected chi connectivity index (χ0v) is 8.86. The van der Waals surface area contributed by atoms with E-state index in [1.165, 1.54) is 7.11 Å². The van der Waals surface area contributed by atoms with E-state index in [0.717, 1.165) is 5.69 Å². The van der Waals surface area contributed by atoms with Crippen LogP contribution in [0.5, 0.6) is 0 Å². The monoisotopic (exact) mass is 209 g/mol. The molecule has 1 atom stereocenters. The van der Waals surface area contributed by atoms with Gasteiger partial charge in [-0.15, -0.1) is 0 Å². The lowest BCUT2D eigenvalue weighted by Crippen LogP contribution is -2.35. The van der Waals surface area contributed by atoms with E-state index in [9.17, 15) is 4.79 Å². The van der Waals surface area contributed by atoms with Crippen LogP contribution in [0.3, 0.4) is 0 Å². The van der Waals surface area contributed by atoms with E-state index in [1.54, 1.807) is 12.3 Å². The molecule has 0 saturated carbocycles. The first-order chi connectivity index (χ1) is 7.17. The van der Waals surface area contributed by atoms with Crippen molar-refractivity contribution in [3.05, 3.63) is 24.0 Å². The van der Waals surface area contributed by atoms with Crippen LogP contribution in [0, 0.1) is 6.92 Å². The van der Waals surface area contributed by atoms with Crippen LogP contribution >= 0.6 is 0 Å². The Kier molecular flexibility index (Phi) is 4.20. The molecule has 0 bridgehead atoms. The van der Waals surface area contributed by atoms with Gasteiger partial charge in [-0.2, -0.15) is 0 Å². The van der Waals surface area contributed by atoms with E-state index < -0.39 is 6.10 Å². The average Bonchev–Trinajstić information content (AvgIpc) is 2.23.